The van der Waals surface area contributed by atoms with Gasteiger partial charge in [-0.2, -0.15) is 0 Å². The fourth-order valence-electron chi connectivity index (χ4n) is 3.92. The van der Waals surface area contributed by atoms with Crippen molar-refractivity contribution in [3.05, 3.63) is 12.7 Å². The van der Waals surface area contributed by atoms with Crippen molar-refractivity contribution in [2.24, 2.45) is 29.4 Å². The third-order valence-electron chi connectivity index (χ3n) is 4.87. The van der Waals surface area contributed by atoms with Gasteiger partial charge in [-0.05, 0) is 49.9 Å². The van der Waals surface area contributed by atoms with E-state index in [2.05, 4.69) is 12.7 Å². The van der Waals surface area contributed by atoms with Gasteiger partial charge >= 0.3 is 0 Å². The monoisotopic (exact) mass is 253 g/mol. The van der Waals surface area contributed by atoms with Crippen LogP contribution in [0.5, 0.6) is 0 Å². The van der Waals surface area contributed by atoms with Crippen molar-refractivity contribution in [3.63, 3.8) is 0 Å². The van der Waals surface area contributed by atoms with Crippen molar-refractivity contribution in [3.8, 4) is 0 Å². The third-order valence-corrected chi connectivity index (χ3v) is 4.87. The normalized spacial score (nSPS) is 40.2. The van der Waals surface area contributed by atoms with Crippen molar-refractivity contribution in [2.45, 2.75) is 38.2 Å². The lowest BCUT2D eigenvalue weighted by atomic mass is 9.88. The van der Waals surface area contributed by atoms with E-state index in [1.165, 1.54) is 32.1 Å². The molecule has 2 rings (SSSR count). The molecule has 0 radical (unpaired) electrons. The van der Waals surface area contributed by atoms with Gasteiger partial charge in [-0.1, -0.05) is 6.08 Å². The number of hydrogen-bond acceptors (Lipinski definition) is 3. The Morgan fingerprint density at radius 3 is 2.67 bits per heavy atom. The van der Waals surface area contributed by atoms with Gasteiger partial charge in [0.25, 0.3) is 0 Å². The zero-order valence-electron chi connectivity index (χ0n) is 11.5. The standard InChI is InChI=1S/C15H27NO2/c1-3-11-4-5-12(6-11)13-7-14(9-17-2)15(8-13)18-10-16/h3,11-15H,1,4-10,16H2,2H3/t11?,12?,13-,14?,15-/m1/s1. The van der Waals surface area contributed by atoms with Crippen LogP contribution in [0.1, 0.15) is 32.1 Å². The van der Waals surface area contributed by atoms with Crippen molar-refractivity contribution < 1.29 is 9.47 Å². The van der Waals surface area contributed by atoms with Gasteiger partial charge < -0.3 is 15.2 Å². The van der Waals surface area contributed by atoms with Gasteiger partial charge in [0.15, 0.2) is 0 Å². The molecular weight excluding hydrogens is 226 g/mol. The number of methoxy groups -OCH3 is 1. The van der Waals surface area contributed by atoms with E-state index in [0.717, 1.165) is 24.4 Å². The van der Waals surface area contributed by atoms with E-state index in [4.69, 9.17) is 15.2 Å². The maximum Gasteiger partial charge on any atom is 0.0944 e. The molecule has 0 aromatic carbocycles. The molecule has 0 amide bonds. The minimum atomic E-state index is 0.308. The summed E-state index contributed by atoms with van der Waals surface area (Å²) in [5.41, 5.74) is 5.53. The van der Waals surface area contributed by atoms with Crippen LogP contribution < -0.4 is 5.73 Å². The zero-order valence-corrected chi connectivity index (χ0v) is 11.5. The molecule has 2 fully saturated rings. The minimum Gasteiger partial charge on any atom is -0.384 e. The number of nitrogens with two attached hydrogens (primary N) is 1. The summed E-state index contributed by atoms with van der Waals surface area (Å²) in [4.78, 5) is 0. The molecule has 0 saturated heterocycles. The van der Waals surface area contributed by atoms with Crippen molar-refractivity contribution >= 4 is 0 Å². The van der Waals surface area contributed by atoms with Crippen molar-refractivity contribution in [1.82, 2.24) is 0 Å². The van der Waals surface area contributed by atoms with Crippen LogP contribution in [0.3, 0.4) is 0 Å². The summed E-state index contributed by atoms with van der Waals surface area (Å²) >= 11 is 0. The van der Waals surface area contributed by atoms with Crippen LogP contribution in [-0.4, -0.2) is 26.6 Å². The Morgan fingerprint density at radius 1 is 1.22 bits per heavy atom. The van der Waals surface area contributed by atoms with Crippen LogP contribution in [0.2, 0.25) is 0 Å². The largest absolute Gasteiger partial charge is 0.384 e. The van der Waals surface area contributed by atoms with E-state index < -0.39 is 0 Å². The van der Waals surface area contributed by atoms with Crippen LogP contribution >= 0.6 is 0 Å². The summed E-state index contributed by atoms with van der Waals surface area (Å²) in [6.07, 6.45) is 8.85. The molecule has 3 nitrogen and oxygen atoms in total. The summed E-state index contributed by atoms with van der Waals surface area (Å²) in [7, 11) is 1.77. The molecule has 2 aliphatic carbocycles. The summed E-state index contributed by atoms with van der Waals surface area (Å²) < 4.78 is 11.0. The van der Waals surface area contributed by atoms with E-state index in [9.17, 15) is 0 Å². The Kier molecular flexibility index (Phi) is 5.22. The van der Waals surface area contributed by atoms with Crippen LogP contribution in [-0.2, 0) is 9.47 Å². The van der Waals surface area contributed by atoms with Gasteiger partial charge in [-0.3, -0.25) is 0 Å². The Balaban J connectivity index is 1.89. The third kappa shape index (κ3) is 3.14. The van der Waals surface area contributed by atoms with Crippen molar-refractivity contribution in [1.29, 1.82) is 0 Å². The highest BCUT2D eigenvalue weighted by molar-refractivity contribution is 4.94. The molecular formula is C15H27NO2. The highest BCUT2D eigenvalue weighted by Crippen LogP contribution is 2.45. The zero-order chi connectivity index (χ0) is 13.0. The quantitative estimate of drug-likeness (QED) is 0.584. The topological polar surface area (TPSA) is 44.5 Å². The lowest BCUT2D eigenvalue weighted by molar-refractivity contribution is 0.00459. The second-order valence-electron chi connectivity index (χ2n) is 5.89. The number of ether oxygens (including phenoxy) is 2. The first-order chi connectivity index (χ1) is 8.78. The average molecular weight is 253 g/mol. The van der Waals surface area contributed by atoms with Gasteiger partial charge in [0, 0.05) is 13.0 Å². The summed E-state index contributed by atoms with van der Waals surface area (Å²) in [5.74, 6) is 2.93. The van der Waals surface area contributed by atoms with Gasteiger partial charge in [-0.25, -0.2) is 0 Å². The fourth-order valence-corrected chi connectivity index (χ4v) is 3.92. The van der Waals surface area contributed by atoms with Gasteiger partial charge in [0.2, 0.25) is 0 Å². The molecule has 0 aromatic heterocycles. The van der Waals surface area contributed by atoms with Gasteiger partial charge in [-0.15, -0.1) is 6.58 Å². The van der Waals surface area contributed by atoms with Gasteiger partial charge in [0.1, 0.15) is 0 Å². The molecule has 2 aliphatic rings. The van der Waals surface area contributed by atoms with Crippen LogP contribution in [0.15, 0.2) is 12.7 Å². The van der Waals surface area contributed by atoms with Crippen LogP contribution in [0.25, 0.3) is 0 Å². The molecule has 2 N–H and O–H groups in total. The van der Waals surface area contributed by atoms with E-state index in [1.54, 1.807) is 7.11 Å². The van der Waals surface area contributed by atoms with E-state index in [0.29, 0.717) is 18.8 Å². The molecule has 0 bridgehead atoms. The van der Waals surface area contributed by atoms with E-state index in [-0.39, 0.29) is 0 Å². The summed E-state index contributed by atoms with van der Waals surface area (Å²) in [5, 5.41) is 0. The maximum atomic E-state index is 5.69. The smallest absolute Gasteiger partial charge is 0.0944 e. The van der Waals surface area contributed by atoms with Crippen molar-refractivity contribution in [2.75, 3.05) is 20.4 Å². The maximum absolute atomic E-state index is 5.69. The molecule has 2 saturated carbocycles. The first kappa shape index (κ1) is 14.0. The molecule has 5 atom stereocenters. The fraction of sp³-hybridized carbons (Fsp3) is 0.867. The van der Waals surface area contributed by atoms with Crippen LogP contribution in [0.4, 0.5) is 0 Å². The second kappa shape index (κ2) is 6.69. The summed E-state index contributed by atoms with van der Waals surface area (Å²) in [6, 6.07) is 0. The summed E-state index contributed by atoms with van der Waals surface area (Å²) in [6.45, 7) is 5.07. The predicted molar refractivity (Wildman–Crippen MR) is 73.0 cm³/mol. The van der Waals surface area contributed by atoms with E-state index in [1.807, 2.05) is 0 Å². The average Bonchev–Trinajstić information content (AvgIpc) is 2.97. The highest BCUT2D eigenvalue weighted by Gasteiger charge is 2.40. The number of rotatable bonds is 6. The lowest BCUT2D eigenvalue weighted by Gasteiger charge is -2.18. The SMILES string of the molecule is C=CC1CCC([C@@H]2CC(COC)[C@H](OCN)C2)C1. The second-order valence-corrected chi connectivity index (χ2v) is 5.89. The Labute approximate surface area is 111 Å². The van der Waals surface area contributed by atoms with Gasteiger partial charge in [0.05, 0.1) is 19.4 Å². The van der Waals surface area contributed by atoms with Crippen LogP contribution in [0, 0.1) is 23.7 Å². The lowest BCUT2D eigenvalue weighted by Crippen LogP contribution is -2.24. The molecule has 3 unspecified atom stereocenters. The number of allylic oxidation sites excluding steroid dienone is 1. The molecule has 3 heteroatoms. The van der Waals surface area contributed by atoms with E-state index >= 15 is 0 Å². The number of hydrogen-bond donors (Lipinski definition) is 1. The Morgan fingerprint density at radius 2 is 2.06 bits per heavy atom. The molecule has 18 heavy (non-hydrogen) atoms. The first-order valence-electron chi connectivity index (χ1n) is 7.21. The minimum absolute atomic E-state index is 0.308. The molecule has 0 aliphatic heterocycles. The Bertz CT molecular complexity index is 255. The highest BCUT2D eigenvalue weighted by atomic mass is 16.5. The molecule has 0 heterocycles. The first-order valence-corrected chi connectivity index (χ1v) is 7.21. The Hall–Kier alpha value is -0.380. The molecule has 104 valence electrons. The molecule has 0 aromatic rings. The molecule has 0 spiro atoms. The predicted octanol–water partition coefficient (Wildman–Crippen LogP) is 2.56.